The Kier molecular flexibility index (Phi) is 4.40. The second-order valence-corrected chi connectivity index (χ2v) is 5.23. The Hall–Kier alpha value is -2.64. The molecule has 1 unspecified atom stereocenters. The van der Waals surface area contributed by atoms with Gasteiger partial charge in [-0.3, -0.25) is 4.84 Å². The van der Waals surface area contributed by atoms with Crippen LogP contribution in [0.1, 0.15) is 17.3 Å². The van der Waals surface area contributed by atoms with Crippen LogP contribution < -0.4 is 5.48 Å². The Morgan fingerprint density at radius 2 is 2.26 bits per heavy atom. The molecule has 1 aromatic carbocycles. The molecule has 1 amide bonds. The molecule has 0 radical (unpaired) electrons. The van der Waals surface area contributed by atoms with E-state index in [-0.39, 0.29) is 6.04 Å². The van der Waals surface area contributed by atoms with Gasteiger partial charge in [0, 0.05) is 12.1 Å². The summed E-state index contributed by atoms with van der Waals surface area (Å²) < 4.78 is 1.77. The molecule has 0 spiro atoms. The molecular formula is C16H18N4O3. The standard InChI is InChI=1S/C16H18N4O3/c1-2-8-23-18-14-10-19(16(21)22)11-15-13(14)9-17-20(15)12-6-4-3-5-7-12/h2-7,9,14,18H,1,8,10-11H2,(H,21,22). The van der Waals surface area contributed by atoms with Crippen molar-refractivity contribution in [1.82, 2.24) is 20.2 Å². The van der Waals surface area contributed by atoms with Crippen LogP contribution in [0.3, 0.4) is 0 Å². The lowest BCUT2D eigenvalue weighted by Gasteiger charge is -2.31. The molecule has 0 saturated heterocycles. The molecule has 1 aliphatic rings. The molecule has 1 aromatic heterocycles. The molecule has 2 aromatic rings. The number of amides is 1. The Morgan fingerprint density at radius 3 is 2.96 bits per heavy atom. The van der Waals surface area contributed by atoms with Crippen LogP contribution in [0.5, 0.6) is 0 Å². The first-order valence-electron chi connectivity index (χ1n) is 7.29. The van der Waals surface area contributed by atoms with Crippen molar-refractivity contribution >= 4 is 6.09 Å². The van der Waals surface area contributed by atoms with E-state index < -0.39 is 6.09 Å². The van der Waals surface area contributed by atoms with Gasteiger partial charge in [-0.2, -0.15) is 10.6 Å². The maximum absolute atomic E-state index is 11.4. The van der Waals surface area contributed by atoms with Crippen molar-refractivity contribution in [1.29, 1.82) is 0 Å². The highest BCUT2D eigenvalue weighted by Crippen LogP contribution is 2.28. The van der Waals surface area contributed by atoms with Crippen LogP contribution >= 0.6 is 0 Å². The van der Waals surface area contributed by atoms with Gasteiger partial charge in [0.05, 0.1) is 36.8 Å². The first-order chi connectivity index (χ1) is 11.2. The van der Waals surface area contributed by atoms with Gasteiger partial charge in [-0.05, 0) is 12.1 Å². The molecule has 7 nitrogen and oxygen atoms in total. The van der Waals surface area contributed by atoms with Crippen molar-refractivity contribution in [2.24, 2.45) is 0 Å². The second-order valence-electron chi connectivity index (χ2n) is 5.23. The van der Waals surface area contributed by atoms with Crippen molar-refractivity contribution in [3.05, 3.63) is 60.4 Å². The molecule has 0 bridgehead atoms. The van der Waals surface area contributed by atoms with E-state index in [1.165, 1.54) is 4.90 Å². The third kappa shape index (κ3) is 3.10. The maximum Gasteiger partial charge on any atom is 0.407 e. The first-order valence-corrected chi connectivity index (χ1v) is 7.29. The number of carboxylic acid groups (broad SMARTS) is 1. The highest BCUT2D eigenvalue weighted by molar-refractivity contribution is 5.65. The van der Waals surface area contributed by atoms with E-state index in [0.29, 0.717) is 19.7 Å². The van der Waals surface area contributed by atoms with Gasteiger partial charge in [0.1, 0.15) is 0 Å². The number of nitrogens with zero attached hydrogens (tertiary/aromatic N) is 3. The number of aromatic nitrogens is 2. The van der Waals surface area contributed by atoms with Crippen LogP contribution in [0.4, 0.5) is 4.79 Å². The number of para-hydroxylation sites is 1. The zero-order chi connectivity index (χ0) is 16.2. The van der Waals surface area contributed by atoms with Crippen molar-refractivity contribution in [3.63, 3.8) is 0 Å². The smallest absolute Gasteiger partial charge is 0.407 e. The first kappa shape index (κ1) is 15.3. The van der Waals surface area contributed by atoms with E-state index in [9.17, 15) is 9.90 Å². The summed E-state index contributed by atoms with van der Waals surface area (Å²) in [4.78, 5) is 18.1. The number of hydrogen-bond acceptors (Lipinski definition) is 4. The number of hydroxylamine groups is 1. The van der Waals surface area contributed by atoms with Gasteiger partial charge in [0.15, 0.2) is 0 Å². The third-order valence-corrected chi connectivity index (χ3v) is 3.72. The molecule has 2 N–H and O–H groups in total. The topological polar surface area (TPSA) is 79.6 Å². The number of benzene rings is 1. The molecular weight excluding hydrogens is 296 g/mol. The monoisotopic (exact) mass is 314 g/mol. The Morgan fingerprint density at radius 1 is 1.48 bits per heavy atom. The van der Waals surface area contributed by atoms with E-state index in [1.807, 2.05) is 30.3 Å². The third-order valence-electron chi connectivity index (χ3n) is 3.72. The highest BCUT2D eigenvalue weighted by atomic mass is 16.6. The molecule has 3 rings (SSSR count). The normalized spacial score (nSPS) is 16.9. The van der Waals surface area contributed by atoms with E-state index >= 15 is 0 Å². The fourth-order valence-corrected chi connectivity index (χ4v) is 2.65. The van der Waals surface area contributed by atoms with E-state index in [1.54, 1.807) is 17.0 Å². The lowest BCUT2D eigenvalue weighted by Crippen LogP contribution is -2.42. The van der Waals surface area contributed by atoms with Crippen LogP contribution in [0.25, 0.3) is 5.69 Å². The fourth-order valence-electron chi connectivity index (χ4n) is 2.65. The molecule has 7 heteroatoms. The van der Waals surface area contributed by atoms with Crippen LogP contribution in [0.2, 0.25) is 0 Å². The zero-order valence-corrected chi connectivity index (χ0v) is 12.6. The van der Waals surface area contributed by atoms with Crippen molar-refractivity contribution in [3.8, 4) is 5.69 Å². The van der Waals surface area contributed by atoms with Gasteiger partial charge in [-0.25, -0.2) is 9.48 Å². The minimum atomic E-state index is -0.966. The predicted octanol–water partition coefficient (Wildman–Crippen LogP) is 2.11. The summed E-state index contributed by atoms with van der Waals surface area (Å²) in [5.41, 5.74) is 5.57. The average molecular weight is 314 g/mol. The fraction of sp³-hybridized carbons (Fsp3) is 0.250. The Labute approximate surface area is 133 Å². The van der Waals surface area contributed by atoms with Gasteiger partial charge < -0.3 is 10.0 Å². The highest BCUT2D eigenvalue weighted by Gasteiger charge is 2.31. The molecule has 2 heterocycles. The lowest BCUT2D eigenvalue weighted by molar-refractivity contribution is 0.0188. The Balaban J connectivity index is 1.94. The summed E-state index contributed by atoms with van der Waals surface area (Å²) in [7, 11) is 0. The van der Waals surface area contributed by atoms with E-state index in [0.717, 1.165) is 16.9 Å². The predicted molar refractivity (Wildman–Crippen MR) is 84.0 cm³/mol. The summed E-state index contributed by atoms with van der Waals surface area (Å²) in [6.07, 6.45) is 2.42. The van der Waals surface area contributed by atoms with Crippen molar-refractivity contribution < 1.29 is 14.7 Å². The Bertz CT molecular complexity index is 699. The average Bonchev–Trinajstić information content (AvgIpc) is 3.00. The van der Waals surface area contributed by atoms with Crippen molar-refractivity contribution in [2.45, 2.75) is 12.6 Å². The van der Waals surface area contributed by atoms with Crippen LogP contribution in [0, 0.1) is 0 Å². The summed E-state index contributed by atoms with van der Waals surface area (Å²) in [6, 6.07) is 9.37. The summed E-state index contributed by atoms with van der Waals surface area (Å²) >= 11 is 0. The summed E-state index contributed by atoms with van der Waals surface area (Å²) in [5.74, 6) is 0. The molecule has 1 atom stereocenters. The van der Waals surface area contributed by atoms with Crippen molar-refractivity contribution in [2.75, 3.05) is 13.2 Å². The zero-order valence-electron chi connectivity index (χ0n) is 12.6. The molecule has 0 fully saturated rings. The number of nitrogens with one attached hydrogen (secondary N) is 1. The second kappa shape index (κ2) is 6.64. The molecule has 0 aliphatic carbocycles. The molecule has 0 saturated carbocycles. The van der Waals surface area contributed by atoms with Gasteiger partial charge in [0.2, 0.25) is 0 Å². The largest absolute Gasteiger partial charge is 0.465 e. The van der Waals surface area contributed by atoms with E-state index in [4.69, 9.17) is 4.84 Å². The molecule has 1 aliphatic heterocycles. The summed E-state index contributed by atoms with van der Waals surface area (Å²) in [5, 5.41) is 13.8. The van der Waals surface area contributed by atoms with Gasteiger partial charge in [-0.1, -0.05) is 24.3 Å². The maximum atomic E-state index is 11.4. The number of rotatable bonds is 5. The van der Waals surface area contributed by atoms with Gasteiger partial charge in [0.25, 0.3) is 0 Å². The van der Waals surface area contributed by atoms with Gasteiger partial charge in [-0.15, -0.1) is 6.58 Å². The molecule has 23 heavy (non-hydrogen) atoms. The van der Waals surface area contributed by atoms with Gasteiger partial charge >= 0.3 is 6.09 Å². The summed E-state index contributed by atoms with van der Waals surface area (Å²) in [6.45, 7) is 4.52. The lowest BCUT2D eigenvalue weighted by atomic mass is 10.0. The number of carbonyl (C=O) groups is 1. The van der Waals surface area contributed by atoms with Crippen LogP contribution in [0.15, 0.2) is 49.2 Å². The molecule has 120 valence electrons. The minimum Gasteiger partial charge on any atom is -0.465 e. The number of hydrogen-bond donors (Lipinski definition) is 2. The van der Waals surface area contributed by atoms with E-state index in [2.05, 4.69) is 17.2 Å². The minimum absolute atomic E-state index is 0.271. The quantitative estimate of drug-likeness (QED) is 0.502. The number of fused-ring (bicyclic) bond motifs is 1. The van der Waals surface area contributed by atoms with Crippen LogP contribution in [-0.4, -0.2) is 39.0 Å². The van der Waals surface area contributed by atoms with Crippen LogP contribution in [-0.2, 0) is 11.4 Å². The SMILES string of the molecule is C=CCONC1CN(C(=O)O)Cc2c1cnn2-c1ccccc1.